The van der Waals surface area contributed by atoms with Crippen molar-refractivity contribution in [3.63, 3.8) is 0 Å². The summed E-state index contributed by atoms with van der Waals surface area (Å²) in [6.45, 7) is 2.00. The second-order valence-electron chi connectivity index (χ2n) is 4.48. The summed E-state index contributed by atoms with van der Waals surface area (Å²) >= 11 is 1.86. The number of hydrogen-bond acceptors (Lipinski definition) is 2. The van der Waals surface area contributed by atoms with Crippen LogP contribution in [0.1, 0.15) is 12.8 Å². The van der Waals surface area contributed by atoms with Gasteiger partial charge in [0.05, 0.1) is 0 Å². The van der Waals surface area contributed by atoms with Crippen LogP contribution in [0.2, 0.25) is 0 Å². The van der Waals surface area contributed by atoms with Crippen molar-refractivity contribution in [2.24, 2.45) is 10.9 Å². The fraction of sp³-hybridized carbons (Fsp3) is 0.500. The highest BCUT2D eigenvalue weighted by atomic mass is 127. The van der Waals surface area contributed by atoms with Gasteiger partial charge in [0.2, 0.25) is 0 Å². The highest BCUT2D eigenvalue weighted by Gasteiger charge is 2.20. The Labute approximate surface area is 137 Å². The standard InChI is InChI=1S/C14H21N3S.HI/c1-15-14(17-11-12-7-8-12)16-9-10-18-13-5-3-2-4-6-13;/h2-6,12H,7-11H2,1H3,(H2,15,16,17);1H. The van der Waals surface area contributed by atoms with E-state index in [0.717, 1.165) is 30.7 Å². The first kappa shape index (κ1) is 16.6. The van der Waals surface area contributed by atoms with E-state index in [-0.39, 0.29) is 24.0 Å². The van der Waals surface area contributed by atoms with Gasteiger partial charge in [0.15, 0.2) is 5.96 Å². The fourth-order valence-corrected chi connectivity index (χ4v) is 2.43. The molecule has 0 radical (unpaired) electrons. The highest BCUT2D eigenvalue weighted by Crippen LogP contribution is 2.27. The molecule has 3 nitrogen and oxygen atoms in total. The Morgan fingerprint density at radius 2 is 2.00 bits per heavy atom. The quantitative estimate of drug-likeness (QED) is 0.257. The summed E-state index contributed by atoms with van der Waals surface area (Å²) in [4.78, 5) is 5.54. The van der Waals surface area contributed by atoms with Gasteiger partial charge in [-0.15, -0.1) is 35.7 Å². The normalized spacial score (nSPS) is 14.7. The van der Waals surface area contributed by atoms with Gasteiger partial charge in [0, 0.05) is 30.8 Å². The summed E-state index contributed by atoms with van der Waals surface area (Å²) in [6, 6.07) is 10.5. The second kappa shape index (κ2) is 9.47. The molecule has 0 saturated heterocycles. The van der Waals surface area contributed by atoms with E-state index in [0.29, 0.717) is 0 Å². The predicted octanol–water partition coefficient (Wildman–Crippen LogP) is 2.97. The number of nitrogens with zero attached hydrogens (tertiary/aromatic N) is 1. The van der Waals surface area contributed by atoms with Crippen molar-refractivity contribution in [1.82, 2.24) is 10.6 Å². The van der Waals surface area contributed by atoms with Crippen molar-refractivity contribution in [3.8, 4) is 0 Å². The van der Waals surface area contributed by atoms with Crippen LogP contribution in [0.4, 0.5) is 0 Å². The lowest BCUT2D eigenvalue weighted by atomic mass is 10.4. The van der Waals surface area contributed by atoms with Crippen molar-refractivity contribution in [3.05, 3.63) is 30.3 Å². The molecule has 1 fully saturated rings. The van der Waals surface area contributed by atoms with Crippen LogP contribution in [0.5, 0.6) is 0 Å². The number of thioether (sulfide) groups is 1. The van der Waals surface area contributed by atoms with Crippen molar-refractivity contribution >= 4 is 41.7 Å². The van der Waals surface area contributed by atoms with Crippen LogP contribution in [0.25, 0.3) is 0 Å². The van der Waals surface area contributed by atoms with Crippen LogP contribution < -0.4 is 10.6 Å². The van der Waals surface area contributed by atoms with Gasteiger partial charge in [0.25, 0.3) is 0 Å². The van der Waals surface area contributed by atoms with E-state index >= 15 is 0 Å². The van der Waals surface area contributed by atoms with Crippen LogP contribution in [0.3, 0.4) is 0 Å². The summed E-state index contributed by atoms with van der Waals surface area (Å²) < 4.78 is 0. The summed E-state index contributed by atoms with van der Waals surface area (Å²) in [6.07, 6.45) is 2.74. The van der Waals surface area contributed by atoms with Gasteiger partial charge in [-0.25, -0.2) is 0 Å². The Hall–Kier alpha value is -0.430. The van der Waals surface area contributed by atoms with Crippen molar-refractivity contribution in [1.29, 1.82) is 0 Å². The summed E-state index contributed by atoms with van der Waals surface area (Å²) in [7, 11) is 1.83. The average Bonchev–Trinajstić information content (AvgIpc) is 3.23. The minimum absolute atomic E-state index is 0. The summed E-state index contributed by atoms with van der Waals surface area (Å²) in [5, 5.41) is 6.70. The maximum absolute atomic E-state index is 4.22. The molecule has 0 atom stereocenters. The molecule has 19 heavy (non-hydrogen) atoms. The third kappa shape index (κ3) is 7.06. The number of halogens is 1. The highest BCUT2D eigenvalue weighted by molar-refractivity contribution is 14.0. The summed E-state index contributed by atoms with van der Waals surface area (Å²) in [5.74, 6) is 2.85. The molecule has 106 valence electrons. The third-order valence-electron chi connectivity index (χ3n) is 2.89. The molecule has 1 aliphatic rings. The molecule has 0 aliphatic heterocycles. The van der Waals surface area contributed by atoms with Crippen LogP contribution in [0.15, 0.2) is 40.2 Å². The largest absolute Gasteiger partial charge is 0.356 e. The number of rotatable bonds is 6. The zero-order chi connectivity index (χ0) is 12.6. The zero-order valence-electron chi connectivity index (χ0n) is 11.3. The summed E-state index contributed by atoms with van der Waals surface area (Å²) in [5.41, 5.74) is 0. The van der Waals surface area contributed by atoms with Crippen molar-refractivity contribution in [2.45, 2.75) is 17.7 Å². The van der Waals surface area contributed by atoms with Gasteiger partial charge in [-0.2, -0.15) is 0 Å². The Morgan fingerprint density at radius 1 is 1.26 bits per heavy atom. The minimum Gasteiger partial charge on any atom is -0.356 e. The number of nitrogens with one attached hydrogen (secondary N) is 2. The predicted molar refractivity (Wildman–Crippen MR) is 94.7 cm³/mol. The Bertz CT molecular complexity index is 380. The molecule has 1 saturated carbocycles. The molecule has 0 spiro atoms. The van der Waals surface area contributed by atoms with Gasteiger partial charge in [-0.05, 0) is 30.9 Å². The molecule has 0 heterocycles. The maximum Gasteiger partial charge on any atom is 0.191 e. The van der Waals surface area contributed by atoms with Gasteiger partial charge in [-0.1, -0.05) is 18.2 Å². The Morgan fingerprint density at radius 3 is 2.63 bits per heavy atom. The number of aliphatic imine (C=N–C) groups is 1. The number of benzene rings is 1. The van der Waals surface area contributed by atoms with Gasteiger partial charge in [0.1, 0.15) is 0 Å². The lowest BCUT2D eigenvalue weighted by molar-refractivity contribution is 0.745. The molecule has 0 amide bonds. The first-order chi connectivity index (χ1) is 8.88. The van der Waals surface area contributed by atoms with Crippen LogP contribution in [0, 0.1) is 5.92 Å². The van der Waals surface area contributed by atoms with Crippen LogP contribution in [-0.4, -0.2) is 31.8 Å². The molecule has 0 unspecified atom stereocenters. The lowest BCUT2D eigenvalue weighted by Gasteiger charge is -2.11. The molecule has 2 N–H and O–H groups in total. The molecular weight excluding hydrogens is 369 g/mol. The number of guanidine groups is 1. The third-order valence-corrected chi connectivity index (χ3v) is 3.90. The minimum atomic E-state index is 0. The monoisotopic (exact) mass is 391 g/mol. The average molecular weight is 391 g/mol. The first-order valence-electron chi connectivity index (χ1n) is 6.51. The van der Waals surface area contributed by atoms with E-state index in [9.17, 15) is 0 Å². The molecule has 2 rings (SSSR count). The van der Waals surface area contributed by atoms with E-state index in [1.54, 1.807) is 0 Å². The van der Waals surface area contributed by atoms with Crippen molar-refractivity contribution in [2.75, 3.05) is 25.9 Å². The van der Waals surface area contributed by atoms with Gasteiger partial charge < -0.3 is 10.6 Å². The van der Waals surface area contributed by atoms with E-state index in [1.165, 1.54) is 17.7 Å². The molecule has 1 aromatic rings. The van der Waals surface area contributed by atoms with Gasteiger partial charge >= 0.3 is 0 Å². The van der Waals surface area contributed by atoms with Gasteiger partial charge in [-0.3, -0.25) is 4.99 Å². The van der Waals surface area contributed by atoms with E-state index in [2.05, 4.69) is 39.9 Å². The Balaban J connectivity index is 0.00000180. The lowest BCUT2D eigenvalue weighted by Crippen LogP contribution is -2.39. The topological polar surface area (TPSA) is 36.4 Å². The Kier molecular flexibility index (Phi) is 8.29. The SMILES string of the molecule is CN=C(NCCSc1ccccc1)NCC1CC1.I. The van der Waals surface area contributed by atoms with E-state index in [1.807, 2.05) is 24.9 Å². The van der Waals surface area contributed by atoms with Crippen LogP contribution in [-0.2, 0) is 0 Å². The molecular formula is C14H22IN3S. The maximum atomic E-state index is 4.22. The molecule has 1 aliphatic carbocycles. The van der Waals surface area contributed by atoms with E-state index in [4.69, 9.17) is 0 Å². The van der Waals surface area contributed by atoms with Crippen molar-refractivity contribution < 1.29 is 0 Å². The smallest absolute Gasteiger partial charge is 0.191 e. The molecule has 1 aromatic carbocycles. The van der Waals surface area contributed by atoms with E-state index < -0.39 is 0 Å². The zero-order valence-corrected chi connectivity index (χ0v) is 14.4. The molecule has 0 aromatic heterocycles. The fourth-order valence-electron chi connectivity index (χ4n) is 1.64. The first-order valence-corrected chi connectivity index (χ1v) is 7.49. The molecule has 0 bridgehead atoms. The van der Waals surface area contributed by atoms with Crippen LogP contribution >= 0.6 is 35.7 Å². The number of hydrogen-bond donors (Lipinski definition) is 2. The molecule has 5 heteroatoms. The second-order valence-corrected chi connectivity index (χ2v) is 5.65.